The summed E-state index contributed by atoms with van der Waals surface area (Å²) in [6.45, 7) is 3.56. The van der Waals surface area contributed by atoms with E-state index in [0.29, 0.717) is 6.54 Å². The third-order valence-electron chi connectivity index (χ3n) is 2.96. The summed E-state index contributed by atoms with van der Waals surface area (Å²) in [4.78, 5) is 11.2. The van der Waals surface area contributed by atoms with Gasteiger partial charge in [0.1, 0.15) is 4.60 Å². The highest BCUT2D eigenvalue weighted by Gasteiger charge is 2.18. The van der Waals surface area contributed by atoms with Crippen LogP contribution in [0.5, 0.6) is 0 Å². The van der Waals surface area contributed by atoms with E-state index in [1.54, 1.807) is 0 Å². The molecule has 0 amide bonds. The van der Waals surface area contributed by atoms with E-state index < -0.39 is 0 Å². The molecule has 0 saturated carbocycles. The molecule has 0 aliphatic carbocycles. The van der Waals surface area contributed by atoms with Crippen LogP contribution in [0.3, 0.4) is 0 Å². The van der Waals surface area contributed by atoms with Crippen LogP contribution in [0, 0.1) is 0 Å². The van der Waals surface area contributed by atoms with Crippen molar-refractivity contribution in [2.45, 2.75) is 6.54 Å². The Bertz CT molecular complexity index is 564. The molecule has 1 fully saturated rings. The van der Waals surface area contributed by atoms with Crippen molar-refractivity contribution in [1.29, 1.82) is 0 Å². The van der Waals surface area contributed by atoms with Crippen molar-refractivity contribution < 1.29 is 4.74 Å². The molecule has 0 spiro atoms. The van der Waals surface area contributed by atoms with Crippen LogP contribution in [0.2, 0.25) is 0 Å². The molecule has 2 aromatic heterocycles. The molecular weight excluding hydrogens is 298 g/mol. The highest BCUT2D eigenvalue weighted by Crippen LogP contribution is 2.22. The van der Waals surface area contributed by atoms with Gasteiger partial charge in [0.25, 0.3) is 0 Å². The van der Waals surface area contributed by atoms with E-state index in [9.17, 15) is 0 Å². The molecule has 0 aromatic carbocycles. The lowest BCUT2D eigenvalue weighted by Gasteiger charge is -2.27. The number of nitrogens with zero attached hydrogens (tertiary/aromatic N) is 4. The van der Waals surface area contributed by atoms with Gasteiger partial charge in [0.05, 0.1) is 18.9 Å². The Kier molecular flexibility index (Phi) is 3.19. The second-order valence-corrected chi connectivity index (χ2v) is 4.97. The molecule has 2 N–H and O–H groups in total. The minimum absolute atomic E-state index is 0.432. The highest BCUT2D eigenvalue weighted by atomic mass is 79.9. The topological polar surface area (TPSA) is 68.7 Å². The molecular formula is C11H14BrN5O. The fourth-order valence-corrected chi connectivity index (χ4v) is 2.48. The summed E-state index contributed by atoms with van der Waals surface area (Å²) in [5.41, 5.74) is 7.35. The predicted octanol–water partition coefficient (Wildman–Crippen LogP) is 0.787. The lowest BCUT2D eigenvalue weighted by atomic mass is 10.4. The smallest absolute Gasteiger partial charge is 0.180 e. The van der Waals surface area contributed by atoms with Crippen LogP contribution in [-0.2, 0) is 11.3 Å². The van der Waals surface area contributed by atoms with Gasteiger partial charge in [-0.1, -0.05) is 0 Å². The molecule has 0 unspecified atom stereocenters. The van der Waals surface area contributed by atoms with Gasteiger partial charge in [-0.15, -0.1) is 0 Å². The second kappa shape index (κ2) is 4.83. The molecule has 7 heteroatoms. The van der Waals surface area contributed by atoms with Crippen molar-refractivity contribution >= 4 is 27.4 Å². The van der Waals surface area contributed by atoms with Gasteiger partial charge in [-0.05, 0) is 15.9 Å². The van der Waals surface area contributed by atoms with E-state index in [1.165, 1.54) is 0 Å². The molecule has 3 heterocycles. The van der Waals surface area contributed by atoms with Gasteiger partial charge in [-0.25, -0.2) is 9.97 Å². The summed E-state index contributed by atoms with van der Waals surface area (Å²) >= 11 is 3.43. The van der Waals surface area contributed by atoms with Crippen LogP contribution in [0.1, 0.15) is 5.69 Å². The van der Waals surface area contributed by atoms with Crippen LogP contribution in [-0.4, -0.2) is 40.7 Å². The molecule has 18 heavy (non-hydrogen) atoms. The quantitative estimate of drug-likeness (QED) is 0.888. The maximum Gasteiger partial charge on any atom is 0.180 e. The third kappa shape index (κ3) is 2.09. The van der Waals surface area contributed by atoms with Gasteiger partial charge in [0.2, 0.25) is 0 Å². The Morgan fingerprint density at radius 1 is 1.28 bits per heavy atom. The highest BCUT2D eigenvalue weighted by molar-refractivity contribution is 9.10. The van der Waals surface area contributed by atoms with Gasteiger partial charge in [-0.2, -0.15) is 0 Å². The normalized spacial score (nSPS) is 16.4. The standard InChI is InChI=1S/C11H14BrN5O/c12-9-7-17-6-8(5-13)14-10(17)11(15-9)16-1-3-18-4-2-16/h6-7H,1-5,13H2. The molecule has 1 saturated heterocycles. The number of halogens is 1. The summed E-state index contributed by atoms with van der Waals surface area (Å²) in [6, 6.07) is 0. The van der Waals surface area contributed by atoms with E-state index >= 15 is 0 Å². The van der Waals surface area contributed by atoms with Crippen molar-refractivity contribution in [1.82, 2.24) is 14.4 Å². The van der Waals surface area contributed by atoms with Crippen molar-refractivity contribution in [2.24, 2.45) is 5.73 Å². The number of imidazole rings is 1. The largest absolute Gasteiger partial charge is 0.378 e. The van der Waals surface area contributed by atoms with E-state index in [-0.39, 0.29) is 0 Å². The zero-order chi connectivity index (χ0) is 12.5. The summed E-state index contributed by atoms with van der Waals surface area (Å²) in [6.07, 6.45) is 3.83. The van der Waals surface area contributed by atoms with Crippen LogP contribution >= 0.6 is 15.9 Å². The Labute approximate surface area is 113 Å². The molecule has 0 atom stereocenters. The zero-order valence-electron chi connectivity index (χ0n) is 9.84. The van der Waals surface area contributed by atoms with Gasteiger partial charge in [0, 0.05) is 32.0 Å². The first-order valence-electron chi connectivity index (χ1n) is 5.85. The number of ether oxygens (including phenoxy) is 1. The molecule has 1 aliphatic heterocycles. The number of aromatic nitrogens is 3. The molecule has 1 aliphatic rings. The van der Waals surface area contributed by atoms with Gasteiger partial charge in [-0.3, -0.25) is 0 Å². The SMILES string of the molecule is NCc1cn2cc(Br)nc(N3CCOCC3)c2n1. The van der Waals surface area contributed by atoms with Crippen molar-refractivity contribution in [3.8, 4) is 0 Å². The van der Waals surface area contributed by atoms with Gasteiger partial charge in [0.15, 0.2) is 11.5 Å². The van der Waals surface area contributed by atoms with E-state index in [0.717, 1.165) is 48.1 Å². The molecule has 0 bridgehead atoms. The fraction of sp³-hybridized carbons (Fsp3) is 0.455. The summed E-state index contributed by atoms with van der Waals surface area (Å²) < 4.78 is 8.11. The average molecular weight is 312 g/mol. The third-order valence-corrected chi connectivity index (χ3v) is 3.34. The lowest BCUT2D eigenvalue weighted by molar-refractivity contribution is 0.122. The molecule has 3 rings (SSSR count). The number of hydrogen-bond acceptors (Lipinski definition) is 5. The number of fused-ring (bicyclic) bond motifs is 1. The minimum atomic E-state index is 0.432. The Morgan fingerprint density at radius 2 is 2.06 bits per heavy atom. The molecule has 96 valence electrons. The number of rotatable bonds is 2. The minimum Gasteiger partial charge on any atom is -0.378 e. The number of nitrogens with two attached hydrogens (primary N) is 1. The van der Waals surface area contributed by atoms with E-state index in [1.807, 2.05) is 16.8 Å². The fourth-order valence-electron chi connectivity index (χ4n) is 2.09. The number of hydrogen-bond donors (Lipinski definition) is 1. The monoisotopic (exact) mass is 311 g/mol. The van der Waals surface area contributed by atoms with Gasteiger partial charge < -0.3 is 19.8 Å². The second-order valence-electron chi connectivity index (χ2n) is 4.15. The maximum absolute atomic E-state index is 5.64. The number of anilines is 1. The molecule has 0 radical (unpaired) electrons. The Morgan fingerprint density at radius 3 is 2.78 bits per heavy atom. The first-order chi connectivity index (χ1) is 8.78. The van der Waals surface area contributed by atoms with Crippen molar-refractivity contribution in [3.05, 3.63) is 22.7 Å². The van der Waals surface area contributed by atoms with Crippen molar-refractivity contribution in [3.63, 3.8) is 0 Å². The molecule has 2 aromatic rings. The first-order valence-corrected chi connectivity index (χ1v) is 6.64. The summed E-state index contributed by atoms with van der Waals surface area (Å²) in [7, 11) is 0. The zero-order valence-corrected chi connectivity index (χ0v) is 11.4. The van der Waals surface area contributed by atoms with Crippen LogP contribution in [0.25, 0.3) is 5.65 Å². The van der Waals surface area contributed by atoms with Crippen LogP contribution < -0.4 is 10.6 Å². The lowest BCUT2D eigenvalue weighted by Crippen LogP contribution is -2.37. The maximum atomic E-state index is 5.64. The van der Waals surface area contributed by atoms with Crippen molar-refractivity contribution in [2.75, 3.05) is 31.2 Å². The van der Waals surface area contributed by atoms with E-state index in [4.69, 9.17) is 10.5 Å². The Hall–Kier alpha value is -1.18. The summed E-state index contributed by atoms with van der Waals surface area (Å²) in [5, 5.41) is 0. The predicted molar refractivity (Wildman–Crippen MR) is 71.6 cm³/mol. The van der Waals surface area contributed by atoms with Crippen LogP contribution in [0.15, 0.2) is 17.0 Å². The molecule has 6 nitrogen and oxygen atoms in total. The Balaban J connectivity index is 2.10. The summed E-state index contributed by atoms with van der Waals surface area (Å²) in [5.74, 6) is 0.882. The average Bonchev–Trinajstić information content (AvgIpc) is 2.81. The number of morpholine rings is 1. The first kappa shape index (κ1) is 11.9. The van der Waals surface area contributed by atoms with E-state index in [2.05, 4.69) is 30.8 Å². The van der Waals surface area contributed by atoms with Gasteiger partial charge >= 0.3 is 0 Å². The van der Waals surface area contributed by atoms with Crippen LogP contribution in [0.4, 0.5) is 5.82 Å².